The number of likely N-dealkylation sites (N-methyl/N-ethyl adjacent to an activating group) is 1. The van der Waals surface area contributed by atoms with Gasteiger partial charge in [0, 0.05) is 40.3 Å². The third-order valence-corrected chi connectivity index (χ3v) is 3.47. The van der Waals surface area contributed by atoms with Crippen molar-refractivity contribution in [2.24, 2.45) is 5.73 Å². The van der Waals surface area contributed by atoms with Gasteiger partial charge in [-0.05, 0) is 6.42 Å². The lowest BCUT2D eigenvalue weighted by molar-refractivity contribution is -0.142. The normalized spacial score (nSPS) is 18.0. The fraction of sp³-hybridized carbons (Fsp3) is 0.769. The van der Waals surface area contributed by atoms with Crippen molar-refractivity contribution < 1.29 is 19.5 Å². The van der Waals surface area contributed by atoms with E-state index >= 15 is 0 Å². The van der Waals surface area contributed by atoms with Crippen LogP contribution < -0.4 is 5.73 Å². The smallest absolute Gasteiger partial charge is 0.305 e. The van der Waals surface area contributed by atoms with E-state index in [2.05, 4.69) is 0 Å². The molecule has 0 bridgehead atoms. The van der Waals surface area contributed by atoms with Gasteiger partial charge in [-0.1, -0.05) is 0 Å². The number of rotatable bonds is 5. The van der Waals surface area contributed by atoms with Gasteiger partial charge >= 0.3 is 5.97 Å². The molecule has 1 saturated heterocycles. The van der Waals surface area contributed by atoms with Crippen LogP contribution in [-0.4, -0.2) is 90.5 Å². The molecule has 1 fully saturated rings. The molecule has 0 radical (unpaired) electrons. The van der Waals surface area contributed by atoms with Gasteiger partial charge in [-0.15, -0.1) is 0 Å². The Bertz CT molecular complexity index is 400. The molecule has 1 heterocycles. The number of nitrogens with zero attached hydrogens (tertiary/aromatic N) is 3. The second-order valence-electron chi connectivity index (χ2n) is 5.45. The van der Waals surface area contributed by atoms with Gasteiger partial charge in [0.15, 0.2) is 0 Å². The van der Waals surface area contributed by atoms with Gasteiger partial charge in [-0.25, -0.2) is 0 Å². The number of hydrogen-bond donors (Lipinski definition) is 2. The summed E-state index contributed by atoms with van der Waals surface area (Å²) in [7, 11) is 3.42. The topological polar surface area (TPSA) is 107 Å². The van der Waals surface area contributed by atoms with Gasteiger partial charge in [0.2, 0.25) is 11.8 Å². The molecular weight excluding hydrogens is 276 g/mol. The second-order valence-corrected chi connectivity index (χ2v) is 5.45. The Balaban J connectivity index is 2.50. The molecule has 1 rings (SSSR count). The predicted molar refractivity (Wildman–Crippen MR) is 76.6 cm³/mol. The molecule has 0 aliphatic carbocycles. The molecule has 1 aliphatic heterocycles. The molecular formula is C13H24N4O4. The first-order valence-corrected chi connectivity index (χ1v) is 7.00. The molecule has 8 heteroatoms. The van der Waals surface area contributed by atoms with E-state index in [1.807, 2.05) is 4.90 Å². The lowest BCUT2D eigenvalue weighted by atomic mass is 10.2. The molecule has 1 aliphatic rings. The van der Waals surface area contributed by atoms with Gasteiger partial charge in [0.25, 0.3) is 0 Å². The van der Waals surface area contributed by atoms with Crippen molar-refractivity contribution in [3.63, 3.8) is 0 Å². The number of carbonyl (C=O) groups excluding carboxylic acids is 2. The van der Waals surface area contributed by atoms with E-state index in [1.54, 1.807) is 19.0 Å². The Morgan fingerprint density at radius 3 is 2.43 bits per heavy atom. The standard InChI is InChI=1S/C13H24N4O4/c1-15(2)11(18)9-16-4-3-5-17(7-6-16)13(21)10(14)8-12(19)20/h10H,3-9,14H2,1-2H3,(H,19,20). The van der Waals surface area contributed by atoms with Crippen LogP contribution in [0.4, 0.5) is 0 Å². The molecule has 3 N–H and O–H groups in total. The average molecular weight is 300 g/mol. The van der Waals surface area contributed by atoms with Crippen LogP contribution in [0.2, 0.25) is 0 Å². The monoisotopic (exact) mass is 300 g/mol. The molecule has 1 unspecified atom stereocenters. The fourth-order valence-corrected chi connectivity index (χ4v) is 2.19. The van der Waals surface area contributed by atoms with Crippen molar-refractivity contribution in [2.45, 2.75) is 18.9 Å². The molecule has 8 nitrogen and oxygen atoms in total. The summed E-state index contributed by atoms with van der Waals surface area (Å²) in [5.41, 5.74) is 5.61. The maximum atomic E-state index is 12.1. The number of amides is 2. The van der Waals surface area contributed by atoms with Crippen LogP contribution in [0.1, 0.15) is 12.8 Å². The number of carboxylic acids is 1. The number of carboxylic acid groups (broad SMARTS) is 1. The predicted octanol–water partition coefficient (Wildman–Crippen LogP) is -1.59. The SMILES string of the molecule is CN(C)C(=O)CN1CCCN(C(=O)C(N)CC(=O)O)CC1. The number of aliphatic carboxylic acids is 1. The van der Waals surface area contributed by atoms with Crippen LogP contribution >= 0.6 is 0 Å². The van der Waals surface area contributed by atoms with E-state index in [9.17, 15) is 14.4 Å². The highest BCUT2D eigenvalue weighted by Gasteiger charge is 2.25. The van der Waals surface area contributed by atoms with E-state index in [0.717, 1.165) is 13.0 Å². The van der Waals surface area contributed by atoms with E-state index in [4.69, 9.17) is 10.8 Å². The first-order valence-electron chi connectivity index (χ1n) is 7.00. The third-order valence-electron chi connectivity index (χ3n) is 3.47. The lowest BCUT2D eigenvalue weighted by Crippen LogP contribution is -2.46. The maximum absolute atomic E-state index is 12.1. The van der Waals surface area contributed by atoms with Crippen molar-refractivity contribution in [3.8, 4) is 0 Å². The minimum Gasteiger partial charge on any atom is -0.481 e. The molecule has 0 aromatic heterocycles. The van der Waals surface area contributed by atoms with Gasteiger partial charge in [-0.2, -0.15) is 0 Å². The summed E-state index contributed by atoms with van der Waals surface area (Å²) < 4.78 is 0. The molecule has 120 valence electrons. The summed E-state index contributed by atoms with van der Waals surface area (Å²) in [5.74, 6) is -1.39. The summed E-state index contributed by atoms with van der Waals surface area (Å²) >= 11 is 0. The van der Waals surface area contributed by atoms with Gasteiger partial charge in [0.05, 0.1) is 19.0 Å². The van der Waals surface area contributed by atoms with Crippen LogP contribution in [0.25, 0.3) is 0 Å². The minimum absolute atomic E-state index is 0.0253. The minimum atomic E-state index is -1.08. The van der Waals surface area contributed by atoms with Crippen molar-refractivity contribution in [2.75, 3.05) is 46.8 Å². The molecule has 1 atom stereocenters. The highest BCUT2D eigenvalue weighted by atomic mass is 16.4. The van der Waals surface area contributed by atoms with Crippen molar-refractivity contribution >= 4 is 17.8 Å². The van der Waals surface area contributed by atoms with E-state index in [0.29, 0.717) is 26.2 Å². The zero-order valence-corrected chi connectivity index (χ0v) is 12.6. The zero-order valence-electron chi connectivity index (χ0n) is 12.6. The lowest BCUT2D eigenvalue weighted by Gasteiger charge is -2.24. The molecule has 21 heavy (non-hydrogen) atoms. The van der Waals surface area contributed by atoms with Crippen molar-refractivity contribution in [1.82, 2.24) is 14.7 Å². The Morgan fingerprint density at radius 2 is 1.86 bits per heavy atom. The van der Waals surface area contributed by atoms with E-state index < -0.39 is 12.0 Å². The quantitative estimate of drug-likeness (QED) is 0.634. The molecule has 0 aromatic rings. The van der Waals surface area contributed by atoms with Crippen molar-refractivity contribution in [1.29, 1.82) is 0 Å². The van der Waals surface area contributed by atoms with Gasteiger partial charge in [0.1, 0.15) is 0 Å². The van der Waals surface area contributed by atoms with Gasteiger partial charge < -0.3 is 20.6 Å². The molecule has 2 amide bonds. The van der Waals surface area contributed by atoms with Crippen molar-refractivity contribution in [3.05, 3.63) is 0 Å². The van der Waals surface area contributed by atoms with Crippen LogP contribution in [0.15, 0.2) is 0 Å². The summed E-state index contributed by atoms with van der Waals surface area (Å²) in [4.78, 5) is 39.5. The third kappa shape index (κ3) is 5.68. The molecule has 0 saturated carbocycles. The summed E-state index contributed by atoms with van der Waals surface area (Å²) in [6, 6.07) is -1.00. The fourth-order valence-electron chi connectivity index (χ4n) is 2.19. The number of hydrogen-bond acceptors (Lipinski definition) is 5. The summed E-state index contributed by atoms with van der Waals surface area (Å²) in [6.45, 7) is 2.66. The summed E-state index contributed by atoms with van der Waals surface area (Å²) in [5, 5.41) is 8.68. The van der Waals surface area contributed by atoms with Crippen LogP contribution in [0.5, 0.6) is 0 Å². The first-order chi connectivity index (χ1) is 9.81. The number of nitrogens with two attached hydrogens (primary N) is 1. The molecule has 0 aromatic carbocycles. The Labute approximate surface area is 124 Å². The van der Waals surface area contributed by atoms with Gasteiger partial charge in [-0.3, -0.25) is 19.3 Å². The Hall–Kier alpha value is -1.67. The van der Waals surface area contributed by atoms with E-state index in [-0.39, 0.29) is 18.2 Å². The van der Waals surface area contributed by atoms with Crippen LogP contribution in [0, 0.1) is 0 Å². The highest BCUT2D eigenvalue weighted by molar-refractivity contribution is 5.86. The Kier molecular flexibility index (Phi) is 6.57. The van der Waals surface area contributed by atoms with E-state index in [1.165, 1.54) is 4.90 Å². The second kappa shape index (κ2) is 7.94. The zero-order chi connectivity index (χ0) is 16.0. The summed E-state index contributed by atoms with van der Waals surface area (Å²) in [6.07, 6.45) is 0.379. The highest BCUT2D eigenvalue weighted by Crippen LogP contribution is 2.06. The maximum Gasteiger partial charge on any atom is 0.305 e. The van der Waals surface area contributed by atoms with Crippen LogP contribution in [0.3, 0.4) is 0 Å². The van der Waals surface area contributed by atoms with Crippen LogP contribution in [-0.2, 0) is 14.4 Å². The number of carbonyl (C=O) groups is 3. The first kappa shape index (κ1) is 17.4. The largest absolute Gasteiger partial charge is 0.481 e. The average Bonchev–Trinajstić information content (AvgIpc) is 2.62. The molecule has 0 spiro atoms. The Morgan fingerprint density at radius 1 is 1.19 bits per heavy atom.